The molecule has 190 valence electrons. The van der Waals surface area contributed by atoms with E-state index in [1.54, 1.807) is 17.0 Å². The molecule has 3 aromatic rings. The van der Waals surface area contributed by atoms with Crippen molar-refractivity contribution in [1.29, 1.82) is 0 Å². The Balaban J connectivity index is 1.85. The van der Waals surface area contributed by atoms with Crippen molar-refractivity contribution in [3.8, 4) is 0 Å². The molecule has 0 saturated heterocycles. The summed E-state index contributed by atoms with van der Waals surface area (Å²) in [6, 6.07) is 23.2. The summed E-state index contributed by atoms with van der Waals surface area (Å²) in [6.45, 7) is 4.31. The van der Waals surface area contributed by atoms with Crippen molar-refractivity contribution in [1.82, 2.24) is 10.2 Å². The number of rotatable bonds is 12. The standard InChI is InChI=1S/C29H32BrFN2O2S/c1-3-21(2)32-29(35)27(17-22-8-5-4-6-9-22)33(18-24-10-7-11-25(30)16-24)28(34)20-36-19-23-12-14-26(31)15-13-23/h4-16,21,27H,3,17-20H2,1-2H3,(H,32,35)/t21-,27+/m0/s1. The molecule has 0 fully saturated rings. The topological polar surface area (TPSA) is 49.4 Å². The second-order valence-corrected chi connectivity index (χ2v) is 10.7. The van der Waals surface area contributed by atoms with Crippen LogP contribution in [0.4, 0.5) is 4.39 Å². The van der Waals surface area contributed by atoms with Crippen LogP contribution in [-0.2, 0) is 28.3 Å². The highest BCUT2D eigenvalue weighted by Crippen LogP contribution is 2.20. The van der Waals surface area contributed by atoms with Crippen LogP contribution in [0.3, 0.4) is 0 Å². The lowest BCUT2D eigenvalue weighted by molar-refractivity contribution is -0.139. The molecule has 3 aromatic carbocycles. The third kappa shape index (κ3) is 8.79. The molecule has 0 aromatic heterocycles. The van der Waals surface area contributed by atoms with Crippen molar-refractivity contribution >= 4 is 39.5 Å². The first-order chi connectivity index (χ1) is 17.4. The fraction of sp³-hybridized carbons (Fsp3) is 0.310. The van der Waals surface area contributed by atoms with Gasteiger partial charge in [-0.1, -0.05) is 77.5 Å². The number of hydrogen-bond acceptors (Lipinski definition) is 3. The van der Waals surface area contributed by atoms with Crippen molar-refractivity contribution in [2.24, 2.45) is 0 Å². The van der Waals surface area contributed by atoms with Crippen molar-refractivity contribution < 1.29 is 14.0 Å². The minimum atomic E-state index is -0.653. The fourth-order valence-corrected chi connectivity index (χ4v) is 5.06. The average Bonchev–Trinajstić information content (AvgIpc) is 2.87. The van der Waals surface area contributed by atoms with Crippen LogP contribution in [0.25, 0.3) is 0 Å². The van der Waals surface area contributed by atoms with E-state index in [1.807, 2.05) is 68.4 Å². The maximum absolute atomic E-state index is 13.6. The SMILES string of the molecule is CC[C@H](C)NC(=O)[C@@H](Cc1ccccc1)N(Cc1cccc(Br)c1)C(=O)CSCc1ccc(F)cc1. The lowest BCUT2D eigenvalue weighted by Crippen LogP contribution is -2.52. The summed E-state index contributed by atoms with van der Waals surface area (Å²) in [7, 11) is 0. The Bertz CT molecular complexity index is 1130. The molecule has 2 atom stereocenters. The number of halogens is 2. The Hall–Kier alpha value is -2.64. The number of amides is 2. The first-order valence-corrected chi connectivity index (χ1v) is 14.0. The lowest BCUT2D eigenvalue weighted by atomic mass is 10.0. The van der Waals surface area contributed by atoms with Crippen LogP contribution in [0.2, 0.25) is 0 Å². The lowest BCUT2D eigenvalue weighted by Gasteiger charge is -2.32. The smallest absolute Gasteiger partial charge is 0.243 e. The molecule has 7 heteroatoms. The molecule has 0 unspecified atom stereocenters. The molecule has 4 nitrogen and oxygen atoms in total. The predicted octanol–water partition coefficient (Wildman–Crippen LogP) is 6.38. The zero-order valence-electron chi connectivity index (χ0n) is 20.6. The summed E-state index contributed by atoms with van der Waals surface area (Å²) in [6.07, 6.45) is 1.22. The van der Waals surface area contributed by atoms with E-state index < -0.39 is 6.04 Å². The van der Waals surface area contributed by atoms with E-state index in [4.69, 9.17) is 0 Å². The molecule has 0 spiro atoms. The van der Waals surface area contributed by atoms with Gasteiger partial charge in [0.2, 0.25) is 11.8 Å². The summed E-state index contributed by atoms with van der Waals surface area (Å²) >= 11 is 4.97. The van der Waals surface area contributed by atoms with Crippen molar-refractivity contribution in [3.05, 3.63) is 106 Å². The zero-order chi connectivity index (χ0) is 25.9. The van der Waals surface area contributed by atoms with E-state index >= 15 is 0 Å². The van der Waals surface area contributed by atoms with Crippen LogP contribution in [0.5, 0.6) is 0 Å². The number of benzene rings is 3. The molecular weight excluding hydrogens is 539 g/mol. The number of carbonyl (C=O) groups is 2. The monoisotopic (exact) mass is 570 g/mol. The van der Waals surface area contributed by atoms with Crippen LogP contribution >= 0.6 is 27.7 Å². The van der Waals surface area contributed by atoms with Gasteiger partial charge >= 0.3 is 0 Å². The summed E-state index contributed by atoms with van der Waals surface area (Å²) in [5.74, 6) is 0.255. The molecule has 0 aliphatic carbocycles. The van der Waals surface area contributed by atoms with Crippen LogP contribution < -0.4 is 5.32 Å². The summed E-state index contributed by atoms with van der Waals surface area (Å²) in [4.78, 5) is 28.8. The summed E-state index contributed by atoms with van der Waals surface area (Å²) in [5.41, 5.74) is 2.88. The average molecular weight is 572 g/mol. The van der Waals surface area contributed by atoms with Gasteiger partial charge in [0.05, 0.1) is 5.75 Å². The fourth-order valence-electron chi connectivity index (χ4n) is 3.75. The Morgan fingerprint density at radius 1 is 0.972 bits per heavy atom. The van der Waals surface area contributed by atoms with E-state index in [1.165, 1.54) is 23.9 Å². The maximum Gasteiger partial charge on any atom is 0.243 e. The zero-order valence-corrected chi connectivity index (χ0v) is 23.0. The second-order valence-electron chi connectivity index (χ2n) is 8.79. The number of nitrogens with zero attached hydrogens (tertiary/aromatic N) is 1. The minimum absolute atomic E-state index is 0.00597. The predicted molar refractivity (Wildman–Crippen MR) is 149 cm³/mol. The molecular formula is C29H32BrFN2O2S. The second kappa shape index (κ2) is 14.2. The van der Waals surface area contributed by atoms with Gasteiger partial charge in [-0.3, -0.25) is 9.59 Å². The number of hydrogen-bond donors (Lipinski definition) is 1. The molecule has 0 saturated carbocycles. The highest BCUT2D eigenvalue weighted by atomic mass is 79.9. The largest absolute Gasteiger partial charge is 0.352 e. The van der Waals surface area contributed by atoms with Crippen LogP contribution in [0.15, 0.2) is 83.3 Å². The molecule has 0 aliphatic heterocycles. The molecule has 36 heavy (non-hydrogen) atoms. The quantitative estimate of drug-likeness (QED) is 0.275. The van der Waals surface area contributed by atoms with Crippen molar-refractivity contribution in [2.75, 3.05) is 5.75 Å². The van der Waals surface area contributed by atoms with Crippen LogP contribution in [-0.4, -0.2) is 34.6 Å². The van der Waals surface area contributed by atoms with E-state index in [0.717, 1.165) is 27.6 Å². The van der Waals surface area contributed by atoms with Gasteiger partial charge in [0.25, 0.3) is 0 Å². The normalized spacial score (nSPS) is 12.6. The molecule has 1 N–H and O–H groups in total. The van der Waals surface area contributed by atoms with Gasteiger partial charge in [0, 0.05) is 29.2 Å². The van der Waals surface area contributed by atoms with E-state index in [-0.39, 0.29) is 29.4 Å². The summed E-state index contributed by atoms with van der Waals surface area (Å²) in [5, 5.41) is 3.09. The first-order valence-electron chi connectivity index (χ1n) is 12.1. The molecule has 3 rings (SSSR count). The van der Waals surface area contributed by atoms with Crippen LogP contribution in [0, 0.1) is 5.82 Å². The Morgan fingerprint density at radius 3 is 2.33 bits per heavy atom. The molecule has 0 radical (unpaired) electrons. The number of nitrogens with one attached hydrogen (secondary N) is 1. The van der Waals surface area contributed by atoms with E-state index in [9.17, 15) is 14.0 Å². The van der Waals surface area contributed by atoms with Crippen molar-refractivity contribution in [3.63, 3.8) is 0 Å². The van der Waals surface area contributed by atoms with Gasteiger partial charge in [-0.25, -0.2) is 4.39 Å². The number of thioether (sulfide) groups is 1. The van der Waals surface area contributed by atoms with Gasteiger partial charge in [-0.15, -0.1) is 11.8 Å². The van der Waals surface area contributed by atoms with Crippen molar-refractivity contribution in [2.45, 2.75) is 51.1 Å². The third-order valence-corrected chi connectivity index (χ3v) is 7.40. The van der Waals surface area contributed by atoms with Gasteiger partial charge < -0.3 is 10.2 Å². The highest BCUT2D eigenvalue weighted by molar-refractivity contribution is 9.10. The van der Waals surface area contributed by atoms with Gasteiger partial charge in [0.15, 0.2) is 0 Å². The minimum Gasteiger partial charge on any atom is -0.352 e. The van der Waals surface area contributed by atoms with E-state index in [2.05, 4.69) is 21.2 Å². The third-order valence-electron chi connectivity index (χ3n) is 5.92. The first kappa shape index (κ1) is 27.9. The highest BCUT2D eigenvalue weighted by Gasteiger charge is 2.30. The van der Waals surface area contributed by atoms with Gasteiger partial charge in [-0.05, 0) is 54.3 Å². The molecule has 0 heterocycles. The number of carbonyl (C=O) groups excluding carboxylic acids is 2. The molecule has 2 amide bonds. The maximum atomic E-state index is 13.6. The Morgan fingerprint density at radius 2 is 1.67 bits per heavy atom. The molecule has 0 aliphatic rings. The summed E-state index contributed by atoms with van der Waals surface area (Å²) < 4.78 is 14.1. The molecule has 0 bridgehead atoms. The Labute approximate surface area is 225 Å². The van der Waals surface area contributed by atoms with Gasteiger partial charge in [0.1, 0.15) is 11.9 Å². The van der Waals surface area contributed by atoms with Gasteiger partial charge in [-0.2, -0.15) is 0 Å². The Kier molecular flexibility index (Phi) is 11.0. The van der Waals surface area contributed by atoms with E-state index in [0.29, 0.717) is 18.7 Å². The van der Waals surface area contributed by atoms with Crippen LogP contribution in [0.1, 0.15) is 37.0 Å².